The fourth-order valence-electron chi connectivity index (χ4n) is 3.90. The van der Waals surface area contributed by atoms with Crippen LogP contribution in [0.5, 0.6) is 5.75 Å². The Kier molecular flexibility index (Phi) is 13.7. The van der Waals surface area contributed by atoms with Crippen LogP contribution in [0.1, 0.15) is 75.9 Å². The number of nitrogens with zero attached hydrogens (tertiary/aromatic N) is 1. The van der Waals surface area contributed by atoms with Crippen LogP contribution >= 0.6 is 11.6 Å². The van der Waals surface area contributed by atoms with Crippen molar-refractivity contribution in [2.24, 2.45) is 4.99 Å². The molecule has 2 N–H and O–H groups in total. The van der Waals surface area contributed by atoms with Gasteiger partial charge in [0.2, 0.25) is 5.96 Å². The van der Waals surface area contributed by atoms with Gasteiger partial charge >= 0.3 is 24.3 Å². The van der Waals surface area contributed by atoms with E-state index in [0.29, 0.717) is 16.5 Å². The maximum Gasteiger partial charge on any atom is 0.414 e. The van der Waals surface area contributed by atoms with E-state index in [4.69, 9.17) is 35.4 Å². The van der Waals surface area contributed by atoms with Crippen molar-refractivity contribution in [3.05, 3.63) is 94.5 Å². The number of carbonyl (C=O) groups is 3. The Bertz CT molecular complexity index is 1520. The molecule has 0 heterocycles. The average molecular weight is 652 g/mol. The maximum absolute atomic E-state index is 12.8. The second-order valence-electron chi connectivity index (χ2n) is 12.0. The molecule has 0 spiro atoms. The highest BCUT2D eigenvalue weighted by molar-refractivity contribution is 6.31. The summed E-state index contributed by atoms with van der Waals surface area (Å²) in [5, 5.41) is 5.34. The van der Waals surface area contributed by atoms with E-state index in [-0.39, 0.29) is 23.6 Å². The minimum atomic E-state index is -0.818. The smallest absolute Gasteiger partial charge is 0.414 e. The first kappa shape index (κ1) is 37.2. The molecule has 0 aromatic heterocycles. The first-order valence-electron chi connectivity index (χ1n) is 14.2. The molecule has 0 bridgehead atoms. The molecule has 0 fully saturated rings. The van der Waals surface area contributed by atoms with Gasteiger partial charge in [0.1, 0.15) is 17.0 Å². The van der Waals surface area contributed by atoms with Crippen LogP contribution < -0.4 is 15.4 Å². The number of alkyl carbamates (subject to hydrolysis) is 2. The molecule has 1 atom stereocenters. The highest BCUT2D eigenvalue weighted by atomic mass is 35.5. The lowest BCUT2D eigenvalue weighted by Crippen LogP contribution is -2.47. The number of guanidine groups is 1. The predicted molar refractivity (Wildman–Crippen MR) is 172 cm³/mol. The Balaban J connectivity index is 0.00000236. The zero-order chi connectivity index (χ0) is 34.5. The van der Waals surface area contributed by atoms with Crippen LogP contribution in [-0.2, 0) is 25.5 Å². The molecule has 0 aliphatic carbocycles. The summed E-state index contributed by atoms with van der Waals surface area (Å²) < 4.78 is 16.1. The van der Waals surface area contributed by atoms with Crippen molar-refractivity contribution < 1.29 is 38.2 Å². The number of halogens is 1. The number of benzene rings is 3. The molecular weight excluding hydrogens is 614 g/mol. The summed E-state index contributed by atoms with van der Waals surface area (Å²) >= 11 is 6.55. The number of hydrogen-bond donors (Lipinski definition) is 2. The summed E-state index contributed by atoms with van der Waals surface area (Å²) in [4.78, 5) is 58.0. The van der Waals surface area contributed by atoms with Crippen molar-refractivity contribution in [1.29, 1.82) is 0 Å². The van der Waals surface area contributed by atoms with Crippen LogP contribution in [0.4, 0.5) is 15.3 Å². The zero-order valence-corrected chi connectivity index (χ0v) is 27.6. The van der Waals surface area contributed by atoms with Crippen LogP contribution in [0.15, 0.2) is 77.8 Å². The Hall–Kier alpha value is -4.99. The molecule has 3 aromatic carbocycles. The number of carbonyl (C=O) groups excluding carboxylic acids is 5. The molecule has 46 heavy (non-hydrogen) atoms. The van der Waals surface area contributed by atoms with E-state index < -0.39 is 29.4 Å². The number of aliphatic imine (C=N–C) groups is 1. The van der Waals surface area contributed by atoms with Gasteiger partial charge in [-0.25, -0.2) is 19.4 Å². The molecule has 0 radical (unpaired) electrons. The van der Waals surface area contributed by atoms with E-state index in [1.165, 1.54) is 29.8 Å². The normalized spacial score (nSPS) is 11.4. The summed E-state index contributed by atoms with van der Waals surface area (Å²) in [6, 6.07) is 21.5. The van der Waals surface area contributed by atoms with Crippen molar-refractivity contribution in [3.8, 4) is 5.75 Å². The Morgan fingerprint density at radius 2 is 1.35 bits per heavy atom. The number of ether oxygens (including phenoxy) is 3. The van der Waals surface area contributed by atoms with Crippen molar-refractivity contribution in [2.45, 2.75) is 72.0 Å². The van der Waals surface area contributed by atoms with E-state index in [2.05, 4.69) is 34.7 Å². The molecule has 0 aliphatic heterocycles. The van der Waals surface area contributed by atoms with Gasteiger partial charge in [-0.3, -0.25) is 10.6 Å². The van der Waals surface area contributed by atoms with Gasteiger partial charge in [0.05, 0.1) is 11.3 Å². The first-order valence-corrected chi connectivity index (χ1v) is 14.6. The lowest BCUT2D eigenvalue weighted by Gasteiger charge is -2.22. The third kappa shape index (κ3) is 13.8. The van der Waals surface area contributed by atoms with Crippen molar-refractivity contribution in [1.82, 2.24) is 10.6 Å². The summed E-state index contributed by atoms with van der Waals surface area (Å²) in [6.45, 7) is 12.3. The number of amides is 2. The van der Waals surface area contributed by atoms with Gasteiger partial charge in [0.25, 0.3) is 0 Å². The second kappa shape index (κ2) is 16.9. The molecule has 244 valence electrons. The second-order valence-corrected chi connectivity index (χ2v) is 12.4. The predicted octanol–water partition coefficient (Wildman–Crippen LogP) is 7.36. The summed E-state index contributed by atoms with van der Waals surface area (Å²) in [5.41, 5.74) is 1.23. The molecule has 1 unspecified atom stereocenters. The van der Waals surface area contributed by atoms with E-state index in [1.807, 2.05) is 24.3 Å². The Morgan fingerprint density at radius 3 is 1.83 bits per heavy atom. The van der Waals surface area contributed by atoms with Gasteiger partial charge in [-0.15, -0.1) is 0 Å². The molecule has 2 amide bonds. The standard InChI is InChI=1S/C33H38ClN3O6.CO2/c1-21(19-22-11-9-8-10-12-22)26-18-17-25(20-27(26)34)41-28(38)23-13-15-24(16-14-23)35-29(36-30(39)42-32(2,3)4)37-31(40)43-33(5,6)7;2-1-3/h8-18,20-21H,19H2,1-7H3,(H2,35,36,37,39,40);. The third-order valence-electron chi connectivity index (χ3n) is 5.68. The quantitative estimate of drug-likeness (QED) is 0.121. The van der Waals surface area contributed by atoms with Gasteiger partial charge < -0.3 is 14.2 Å². The maximum atomic E-state index is 12.8. The van der Waals surface area contributed by atoms with Gasteiger partial charge in [0.15, 0.2) is 0 Å². The summed E-state index contributed by atoms with van der Waals surface area (Å²) in [7, 11) is 0. The Labute approximate surface area is 273 Å². The minimum Gasteiger partial charge on any atom is -0.444 e. The number of nitrogens with one attached hydrogen (secondary N) is 2. The third-order valence-corrected chi connectivity index (χ3v) is 6.01. The summed E-state index contributed by atoms with van der Waals surface area (Å²) in [6.07, 6.45) is -0.556. The SMILES string of the molecule is CC(Cc1ccccc1)c1ccc(OC(=O)c2ccc(N=C(NC(=O)OC(C)(C)C)NC(=O)OC(C)(C)C)cc2)cc1Cl.O=C=O. The average Bonchev–Trinajstić information content (AvgIpc) is 2.92. The minimum absolute atomic E-state index is 0.173. The van der Waals surface area contributed by atoms with Crippen LogP contribution in [0, 0.1) is 0 Å². The van der Waals surface area contributed by atoms with Gasteiger partial charge in [-0.05, 0) is 101 Å². The number of esters is 1. The van der Waals surface area contributed by atoms with Crippen LogP contribution in [-0.4, -0.2) is 41.5 Å². The van der Waals surface area contributed by atoms with Crippen molar-refractivity contribution >= 4 is 47.6 Å². The largest absolute Gasteiger partial charge is 0.444 e. The topological polar surface area (TPSA) is 149 Å². The molecule has 11 nitrogen and oxygen atoms in total. The molecule has 12 heteroatoms. The lowest BCUT2D eigenvalue weighted by atomic mass is 9.93. The lowest BCUT2D eigenvalue weighted by molar-refractivity contribution is -0.191. The monoisotopic (exact) mass is 651 g/mol. The number of hydrogen-bond acceptors (Lipinski definition) is 9. The first-order chi connectivity index (χ1) is 21.5. The van der Waals surface area contributed by atoms with E-state index in [0.717, 1.165) is 12.0 Å². The highest BCUT2D eigenvalue weighted by Gasteiger charge is 2.21. The van der Waals surface area contributed by atoms with Crippen LogP contribution in [0.25, 0.3) is 0 Å². The van der Waals surface area contributed by atoms with E-state index in [9.17, 15) is 14.4 Å². The van der Waals surface area contributed by atoms with Gasteiger partial charge in [-0.1, -0.05) is 54.9 Å². The zero-order valence-electron chi connectivity index (χ0n) is 26.8. The van der Waals surface area contributed by atoms with Gasteiger partial charge in [-0.2, -0.15) is 9.59 Å². The fourth-order valence-corrected chi connectivity index (χ4v) is 4.26. The Morgan fingerprint density at radius 1 is 0.826 bits per heavy atom. The molecule has 3 aromatic rings. The molecule has 0 saturated carbocycles. The fraction of sp³-hybridized carbons (Fsp3) is 0.324. The van der Waals surface area contributed by atoms with Crippen molar-refractivity contribution in [2.75, 3.05) is 0 Å². The summed E-state index contributed by atoms with van der Waals surface area (Å²) in [5.74, 6) is -0.309. The molecule has 0 saturated heterocycles. The highest BCUT2D eigenvalue weighted by Crippen LogP contribution is 2.31. The number of rotatable bonds is 6. The molecular formula is C34H38ClN3O8. The van der Waals surface area contributed by atoms with E-state index >= 15 is 0 Å². The van der Waals surface area contributed by atoms with E-state index in [1.54, 1.807) is 53.7 Å². The van der Waals surface area contributed by atoms with Crippen LogP contribution in [0.3, 0.4) is 0 Å². The van der Waals surface area contributed by atoms with Crippen LogP contribution in [0.2, 0.25) is 5.02 Å². The van der Waals surface area contributed by atoms with Crippen molar-refractivity contribution in [3.63, 3.8) is 0 Å². The molecule has 0 aliphatic rings. The van der Waals surface area contributed by atoms with Gasteiger partial charge in [0, 0.05) is 5.02 Å². The molecule has 3 rings (SSSR count).